The summed E-state index contributed by atoms with van der Waals surface area (Å²) >= 11 is 0. The maximum atomic E-state index is 15.1. The van der Waals surface area contributed by atoms with Crippen molar-refractivity contribution in [2.75, 3.05) is 0 Å². The van der Waals surface area contributed by atoms with Crippen molar-refractivity contribution in [3.05, 3.63) is 82.2 Å². The standard InChI is InChI=1S/C34H34F6/c1-2-3-4-5-21-6-8-22(9-7-21)23-10-11-25-17-26(13-12-24(25)16-23)27-18-28-20-30(35)29(14-15-34(38,39)40)33(37)32(28)31(36)19-27/h6-9,18-20,23-26H,2-5,10-13,16-17H2,1H3. The van der Waals surface area contributed by atoms with Gasteiger partial charge in [0.05, 0.1) is 10.9 Å². The third-order valence-corrected chi connectivity index (χ3v) is 9.04. The first kappa shape index (κ1) is 28.6. The predicted octanol–water partition coefficient (Wildman–Crippen LogP) is 10.4. The largest absolute Gasteiger partial charge is 0.458 e. The first-order chi connectivity index (χ1) is 19.1. The number of alkyl halides is 3. The number of halogens is 6. The monoisotopic (exact) mass is 556 g/mol. The molecular weight excluding hydrogens is 522 g/mol. The fourth-order valence-electron chi connectivity index (χ4n) is 6.95. The molecule has 4 unspecified atom stereocenters. The van der Waals surface area contributed by atoms with Crippen LogP contribution in [-0.2, 0) is 6.42 Å². The van der Waals surface area contributed by atoms with E-state index in [4.69, 9.17) is 0 Å². The minimum absolute atomic E-state index is 0.00605. The van der Waals surface area contributed by atoms with Crippen molar-refractivity contribution in [2.24, 2.45) is 11.8 Å². The van der Waals surface area contributed by atoms with E-state index in [2.05, 4.69) is 31.2 Å². The van der Waals surface area contributed by atoms with E-state index in [9.17, 15) is 22.0 Å². The van der Waals surface area contributed by atoms with E-state index in [0.717, 1.165) is 56.9 Å². The van der Waals surface area contributed by atoms with Crippen LogP contribution in [0.5, 0.6) is 0 Å². The maximum absolute atomic E-state index is 15.1. The summed E-state index contributed by atoms with van der Waals surface area (Å²) in [6, 6.07) is 12.9. The Kier molecular flexibility index (Phi) is 8.50. The van der Waals surface area contributed by atoms with E-state index in [1.807, 2.05) is 0 Å². The first-order valence-corrected chi connectivity index (χ1v) is 14.4. The van der Waals surface area contributed by atoms with E-state index >= 15 is 4.39 Å². The highest BCUT2D eigenvalue weighted by atomic mass is 19.4. The molecule has 0 aliphatic heterocycles. The van der Waals surface area contributed by atoms with Crippen molar-refractivity contribution in [3.8, 4) is 11.8 Å². The molecule has 0 amide bonds. The molecule has 0 heterocycles. The molecular formula is C34H34F6. The second-order valence-corrected chi connectivity index (χ2v) is 11.6. The number of unbranched alkanes of at least 4 members (excludes halogenated alkanes) is 2. The molecule has 6 heteroatoms. The molecule has 2 aliphatic carbocycles. The molecule has 0 aromatic heterocycles. The smallest absolute Gasteiger partial charge is 0.206 e. The summed E-state index contributed by atoms with van der Waals surface area (Å²) in [7, 11) is 0. The van der Waals surface area contributed by atoms with Crippen LogP contribution in [0.25, 0.3) is 10.8 Å². The topological polar surface area (TPSA) is 0 Å². The summed E-state index contributed by atoms with van der Waals surface area (Å²) in [5, 5.41) is -0.520. The summed E-state index contributed by atoms with van der Waals surface area (Å²) in [5.41, 5.74) is 2.44. The predicted molar refractivity (Wildman–Crippen MR) is 147 cm³/mol. The molecule has 0 spiro atoms. The Morgan fingerprint density at radius 3 is 2.05 bits per heavy atom. The molecule has 2 fully saturated rings. The van der Waals surface area contributed by atoms with Gasteiger partial charge in [-0.3, -0.25) is 0 Å². The van der Waals surface area contributed by atoms with Crippen molar-refractivity contribution < 1.29 is 26.3 Å². The van der Waals surface area contributed by atoms with Crippen LogP contribution in [0.15, 0.2) is 42.5 Å². The summed E-state index contributed by atoms with van der Waals surface area (Å²) < 4.78 is 81.9. The van der Waals surface area contributed by atoms with Crippen LogP contribution in [0.4, 0.5) is 26.3 Å². The van der Waals surface area contributed by atoms with Crippen molar-refractivity contribution in [2.45, 2.75) is 89.1 Å². The molecule has 4 atom stereocenters. The van der Waals surface area contributed by atoms with Crippen molar-refractivity contribution in [3.63, 3.8) is 0 Å². The van der Waals surface area contributed by atoms with Crippen LogP contribution < -0.4 is 0 Å². The number of fused-ring (bicyclic) bond motifs is 2. The molecule has 40 heavy (non-hydrogen) atoms. The van der Waals surface area contributed by atoms with E-state index in [0.29, 0.717) is 23.3 Å². The van der Waals surface area contributed by atoms with Gasteiger partial charge in [0.25, 0.3) is 0 Å². The lowest BCUT2D eigenvalue weighted by Crippen LogP contribution is -2.29. The van der Waals surface area contributed by atoms with Gasteiger partial charge in [0, 0.05) is 5.92 Å². The molecule has 0 bridgehead atoms. The molecule has 0 nitrogen and oxygen atoms in total. The van der Waals surface area contributed by atoms with Crippen molar-refractivity contribution in [1.82, 2.24) is 0 Å². The zero-order chi connectivity index (χ0) is 28.4. The minimum Gasteiger partial charge on any atom is -0.206 e. The molecule has 0 radical (unpaired) electrons. The van der Waals surface area contributed by atoms with Crippen molar-refractivity contribution >= 4 is 10.8 Å². The SMILES string of the molecule is CCCCCc1ccc(C2CCC3CC(c4cc(F)c5c(F)c(C#CC(F)(F)F)c(F)cc5c4)CCC3C2)cc1. The van der Waals surface area contributed by atoms with Gasteiger partial charge in [0.2, 0.25) is 0 Å². The Labute approximate surface area is 232 Å². The normalized spacial score (nSPS) is 23.0. The molecule has 212 valence electrons. The highest BCUT2D eigenvalue weighted by Crippen LogP contribution is 2.50. The summed E-state index contributed by atoms with van der Waals surface area (Å²) in [4.78, 5) is 0. The molecule has 5 rings (SSSR count). The second kappa shape index (κ2) is 11.9. The van der Waals surface area contributed by atoms with Gasteiger partial charge in [0.15, 0.2) is 5.82 Å². The van der Waals surface area contributed by atoms with Gasteiger partial charge in [-0.1, -0.05) is 56.0 Å². The van der Waals surface area contributed by atoms with Gasteiger partial charge >= 0.3 is 6.18 Å². The van der Waals surface area contributed by atoms with Gasteiger partial charge in [0.1, 0.15) is 11.6 Å². The lowest BCUT2D eigenvalue weighted by atomic mass is 9.63. The summed E-state index contributed by atoms with van der Waals surface area (Å²) in [5.74, 6) is 0.594. The quantitative estimate of drug-likeness (QED) is 0.161. The average Bonchev–Trinajstić information content (AvgIpc) is 2.92. The minimum atomic E-state index is -4.91. The van der Waals surface area contributed by atoms with E-state index in [1.54, 1.807) is 6.07 Å². The van der Waals surface area contributed by atoms with E-state index < -0.39 is 34.6 Å². The zero-order valence-electron chi connectivity index (χ0n) is 22.7. The van der Waals surface area contributed by atoms with E-state index in [1.165, 1.54) is 42.4 Å². The van der Waals surface area contributed by atoms with Crippen LogP contribution in [0.2, 0.25) is 0 Å². The van der Waals surface area contributed by atoms with Crippen LogP contribution in [-0.4, -0.2) is 6.18 Å². The van der Waals surface area contributed by atoms with Gasteiger partial charge in [-0.25, -0.2) is 13.2 Å². The number of benzene rings is 3. The molecule has 0 saturated heterocycles. The first-order valence-electron chi connectivity index (χ1n) is 14.4. The van der Waals surface area contributed by atoms with Gasteiger partial charge in [-0.15, -0.1) is 0 Å². The highest BCUT2D eigenvalue weighted by molar-refractivity contribution is 5.86. The Balaban J connectivity index is 1.28. The van der Waals surface area contributed by atoms with Crippen LogP contribution in [0.3, 0.4) is 0 Å². The Morgan fingerprint density at radius 1 is 0.775 bits per heavy atom. The summed E-state index contributed by atoms with van der Waals surface area (Å²) in [6.45, 7) is 2.22. The van der Waals surface area contributed by atoms with Gasteiger partial charge in [-0.2, -0.15) is 13.2 Å². The number of rotatable bonds is 6. The molecule has 3 aromatic carbocycles. The Bertz CT molecular complexity index is 1410. The Hall–Kier alpha value is -2.94. The molecule has 3 aromatic rings. The average molecular weight is 557 g/mol. The summed E-state index contributed by atoms with van der Waals surface area (Å²) in [6.07, 6.45) is 6.10. The number of hydrogen-bond donors (Lipinski definition) is 0. The fourth-order valence-corrected chi connectivity index (χ4v) is 6.95. The Morgan fingerprint density at radius 2 is 1.43 bits per heavy atom. The third kappa shape index (κ3) is 6.35. The third-order valence-electron chi connectivity index (χ3n) is 9.04. The van der Waals surface area contributed by atoms with Gasteiger partial charge < -0.3 is 0 Å². The van der Waals surface area contributed by atoms with Crippen LogP contribution in [0.1, 0.15) is 98.8 Å². The fraction of sp³-hybridized carbons (Fsp3) is 0.471. The zero-order valence-corrected chi connectivity index (χ0v) is 22.7. The number of hydrogen-bond acceptors (Lipinski definition) is 0. The maximum Gasteiger partial charge on any atom is 0.458 e. The van der Waals surface area contributed by atoms with Crippen molar-refractivity contribution in [1.29, 1.82) is 0 Å². The highest BCUT2D eigenvalue weighted by Gasteiger charge is 2.37. The molecule has 0 N–H and O–H groups in total. The lowest BCUT2D eigenvalue weighted by Gasteiger charge is -2.42. The number of aryl methyl sites for hydroxylation is 1. The van der Waals surface area contributed by atoms with Crippen LogP contribution >= 0.6 is 0 Å². The lowest BCUT2D eigenvalue weighted by molar-refractivity contribution is -0.0696. The van der Waals surface area contributed by atoms with Crippen LogP contribution in [0, 0.1) is 41.1 Å². The molecule has 2 saturated carbocycles. The van der Waals surface area contributed by atoms with E-state index in [-0.39, 0.29) is 11.3 Å². The second-order valence-electron chi connectivity index (χ2n) is 11.6. The molecule has 2 aliphatic rings. The van der Waals surface area contributed by atoms with Gasteiger partial charge in [-0.05, 0) is 109 Å².